The van der Waals surface area contributed by atoms with Crippen LogP contribution in [0.5, 0.6) is 0 Å². The van der Waals surface area contributed by atoms with Crippen LogP contribution in [-0.2, 0) is 4.79 Å². The molecule has 1 unspecified atom stereocenters. The summed E-state index contributed by atoms with van der Waals surface area (Å²) in [4.78, 5) is 12.6. The van der Waals surface area contributed by atoms with E-state index in [0.29, 0.717) is 36.9 Å². The van der Waals surface area contributed by atoms with Gasteiger partial charge in [-0.05, 0) is 30.5 Å². The van der Waals surface area contributed by atoms with Crippen molar-refractivity contribution in [1.29, 1.82) is 5.26 Å². The second kappa shape index (κ2) is 11.6. The molecule has 1 aliphatic heterocycles. The van der Waals surface area contributed by atoms with Crippen LogP contribution in [0.25, 0.3) is 0 Å². The molecule has 1 aliphatic rings. The van der Waals surface area contributed by atoms with Crippen molar-refractivity contribution in [1.82, 2.24) is 10.0 Å². The van der Waals surface area contributed by atoms with Crippen molar-refractivity contribution < 1.29 is 13.6 Å². The quantitative estimate of drug-likeness (QED) is 0.314. The fourth-order valence-corrected chi connectivity index (χ4v) is 2.67. The second-order valence-corrected chi connectivity index (χ2v) is 6.04. The van der Waals surface area contributed by atoms with Gasteiger partial charge in [-0.25, -0.2) is 19.6 Å². The standard InChI is InChI=1S/C18H20F2N6O.C2H6/c1-12(3-2-6-25(23)11-16(22)10-21)18(27)26-17(4-5-24-26)13-7-14(19)9-15(20)8-13;1-2/h5,7-9,11,17H,1-4,6,22-23H2;1-2H3/b16-11-;. The molecule has 0 saturated carbocycles. The molecule has 1 atom stereocenters. The number of nitrogens with zero attached hydrogens (tertiary/aromatic N) is 4. The van der Waals surface area contributed by atoms with E-state index in [1.54, 1.807) is 6.07 Å². The highest BCUT2D eigenvalue weighted by Gasteiger charge is 2.30. The third-order valence-corrected chi connectivity index (χ3v) is 3.94. The van der Waals surface area contributed by atoms with Crippen molar-refractivity contribution in [3.63, 3.8) is 0 Å². The number of halogens is 2. The van der Waals surface area contributed by atoms with E-state index < -0.39 is 23.6 Å². The van der Waals surface area contributed by atoms with Gasteiger partial charge in [0.05, 0.1) is 6.04 Å². The molecule has 0 aromatic heterocycles. The van der Waals surface area contributed by atoms with Crippen LogP contribution in [-0.4, -0.2) is 28.7 Å². The van der Waals surface area contributed by atoms with E-state index in [2.05, 4.69) is 11.7 Å². The maximum Gasteiger partial charge on any atom is 0.269 e. The predicted molar refractivity (Wildman–Crippen MR) is 108 cm³/mol. The Balaban J connectivity index is 0.00000204. The van der Waals surface area contributed by atoms with Crippen molar-refractivity contribution in [2.45, 2.75) is 39.2 Å². The summed E-state index contributed by atoms with van der Waals surface area (Å²) in [6.45, 7) is 8.13. The van der Waals surface area contributed by atoms with E-state index in [9.17, 15) is 13.6 Å². The van der Waals surface area contributed by atoms with Crippen LogP contribution < -0.4 is 11.6 Å². The smallest absolute Gasteiger partial charge is 0.269 e. The molecule has 29 heavy (non-hydrogen) atoms. The number of benzene rings is 1. The van der Waals surface area contributed by atoms with E-state index in [4.69, 9.17) is 16.8 Å². The molecular formula is C20H26F2N6O. The van der Waals surface area contributed by atoms with Gasteiger partial charge in [0.1, 0.15) is 23.4 Å². The Hall–Kier alpha value is -3.25. The molecule has 1 aromatic carbocycles. The minimum atomic E-state index is -0.712. The van der Waals surface area contributed by atoms with Gasteiger partial charge < -0.3 is 10.7 Å². The Bertz CT molecular complexity index is 811. The minimum absolute atomic E-state index is 0.0241. The summed E-state index contributed by atoms with van der Waals surface area (Å²) in [5.41, 5.74) is 5.96. The number of hydrogen-bond acceptors (Lipinski definition) is 6. The number of rotatable bonds is 7. The van der Waals surface area contributed by atoms with Gasteiger partial charge in [-0.1, -0.05) is 20.4 Å². The number of carbonyl (C=O) groups excluding carboxylic acids is 1. The monoisotopic (exact) mass is 404 g/mol. The van der Waals surface area contributed by atoms with Crippen LogP contribution in [0.15, 0.2) is 47.3 Å². The largest absolute Gasteiger partial charge is 0.389 e. The van der Waals surface area contributed by atoms with Gasteiger partial charge in [0.2, 0.25) is 0 Å². The Labute approximate surface area is 169 Å². The fraction of sp³-hybridized carbons (Fsp3) is 0.350. The summed E-state index contributed by atoms with van der Waals surface area (Å²) in [5.74, 6) is 3.82. The van der Waals surface area contributed by atoms with Crippen molar-refractivity contribution in [2.75, 3.05) is 6.54 Å². The molecular weight excluding hydrogens is 378 g/mol. The molecule has 2 rings (SSSR count). The Kier molecular flexibility index (Phi) is 9.48. The average Bonchev–Trinajstić information content (AvgIpc) is 3.17. The number of allylic oxidation sites excluding steroid dienone is 1. The maximum absolute atomic E-state index is 13.5. The molecule has 0 saturated heterocycles. The van der Waals surface area contributed by atoms with Crippen LogP contribution in [0.3, 0.4) is 0 Å². The molecule has 4 N–H and O–H groups in total. The molecule has 1 amide bonds. The molecule has 0 aliphatic carbocycles. The van der Waals surface area contributed by atoms with Gasteiger partial charge in [0.25, 0.3) is 5.91 Å². The first-order chi connectivity index (χ1) is 13.8. The third kappa shape index (κ3) is 7.01. The van der Waals surface area contributed by atoms with Crippen molar-refractivity contribution in [3.8, 4) is 6.07 Å². The van der Waals surface area contributed by atoms with Gasteiger partial charge >= 0.3 is 0 Å². The first-order valence-corrected chi connectivity index (χ1v) is 9.20. The lowest BCUT2D eigenvalue weighted by atomic mass is 10.0. The van der Waals surface area contributed by atoms with E-state index >= 15 is 0 Å². The molecule has 0 spiro atoms. The number of hydrazone groups is 1. The minimum Gasteiger partial charge on any atom is -0.389 e. The number of amides is 1. The molecule has 156 valence electrons. The Morgan fingerprint density at radius 2 is 2.03 bits per heavy atom. The van der Waals surface area contributed by atoms with Crippen molar-refractivity contribution in [2.24, 2.45) is 16.7 Å². The summed E-state index contributed by atoms with van der Waals surface area (Å²) in [5, 5.41) is 15.1. The van der Waals surface area contributed by atoms with Crippen LogP contribution >= 0.6 is 0 Å². The highest BCUT2D eigenvalue weighted by Crippen LogP contribution is 2.30. The second-order valence-electron chi connectivity index (χ2n) is 6.04. The van der Waals surface area contributed by atoms with E-state index in [1.165, 1.54) is 34.6 Å². The van der Waals surface area contributed by atoms with Gasteiger partial charge in [-0.2, -0.15) is 10.4 Å². The normalized spacial score (nSPS) is 15.4. The molecule has 1 heterocycles. The van der Waals surface area contributed by atoms with Gasteiger partial charge in [-0.15, -0.1) is 0 Å². The average molecular weight is 404 g/mol. The van der Waals surface area contributed by atoms with Gasteiger partial charge in [-0.3, -0.25) is 4.79 Å². The van der Waals surface area contributed by atoms with Crippen LogP contribution in [0.4, 0.5) is 8.78 Å². The molecule has 1 aromatic rings. The summed E-state index contributed by atoms with van der Waals surface area (Å²) >= 11 is 0. The Morgan fingerprint density at radius 3 is 2.62 bits per heavy atom. The van der Waals surface area contributed by atoms with E-state index in [1.807, 2.05) is 13.8 Å². The number of nitriles is 1. The van der Waals surface area contributed by atoms with Crippen LogP contribution in [0, 0.1) is 23.0 Å². The maximum atomic E-state index is 13.5. The van der Waals surface area contributed by atoms with Gasteiger partial charge in [0.15, 0.2) is 0 Å². The van der Waals surface area contributed by atoms with E-state index in [0.717, 1.165) is 6.07 Å². The highest BCUT2D eigenvalue weighted by molar-refractivity contribution is 5.94. The predicted octanol–water partition coefficient (Wildman–Crippen LogP) is 3.09. The number of nitrogens with two attached hydrogens (primary N) is 2. The first kappa shape index (κ1) is 23.8. The fourth-order valence-electron chi connectivity index (χ4n) is 2.67. The molecule has 9 heteroatoms. The molecule has 0 bridgehead atoms. The molecule has 0 fully saturated rings. The van der Waals surface area contributed by atoms with Crippen molar-refractivity contribution in [3.05, 3.63) is 59.4 Å². The topological polar surface area (TPSA) is 112 Å². The zero-order valence-electron chi connectivity index (χ0n) is 16.6. The lowest BCUT2D eigenvalue weighted by molar-refractivity contribution is -0.129. The Morgan fingerprint density at radius 1 is 1.41 bits per heavy atom. The number of hydrazine groups is 1. The highest BCUT2D eigenvalue weighted by atomic mass is 19.1. The summed E-state index contributed by atoms with van der Waals surface area (Å²) in [7, 11) is 0. The van der Waals surface area contributed by atoms with Crippen LogP contribution in [0.1, 0.15) is 44.7 Å². The zero-order chi connectivity index (χ0) is 22.0. The lowest BCUT2D eigenvalue weighted by Crippen LogP contribution is -2.30. The lowest BCUT2D eigenvalue weighted by Gasteiger charge is -2.23. The molecule has 7 nitrogen and oxygen atoms in total. The summed E-state index contributed by atoms with van der Waals surface area (Å²) in [6, 6.07) is 4.31. The van der Waals surface area contributed by atoms with Gasteiger partial charge in [0, 0.05) is 37.0 Å². The number of carbonyl (C=O) groups is 1. The van der Waals surface area contributed by atoms with E-state index in [-0.39, 0.29) is 5.70 Å². The zero-order valence-corrected chi connectivity index (χ0v) is 16.6. The number of hydrogen-bond donors (Lipinski definition) is 2. The first-order valence-electron chi connectivity index (χ1n) is 9.20. The van der Waals surface area contributed by atoms with Crippen LogP contribution in [0.2, 0.25) is 0 Å². The summed E-state index contributed by atoms with van der Waals surface area (Å²) < 4.78 is 26.9. The third-order valence-electron chi connectivity index (χ3n) is 3.94. The SMILES string of the molecule is C=C(CCCN(N)/C=C(\N)C#N)C(=O)N1N=CCC1c1cc(F)cc(F)c1.CC. The molecule has 0 radical (unpaired) electrons. The summed E-state index contributed by atoms with van der Waals surface area (Å²) in [6.07, 6.45) is 4.01. The van der Waals surface area contributed by atoms with Crippen molar-refractivity contribution >= 4 is 12.1 Å².